The van der Waals surface area contributed by atoms with Crippen LogP contribution < -0.4 is 0 Å². The largest absolute Gasteiger partial charge is 0.382 e. The molecular weight excluding hydrogens is 148 g/mol. The zero-order valence-corrected chi connectivity index (χ0v) is 7.19. The summed E-state index contributed by atoms with van der Waals surface area (Å²) in [4.78, 5) is 0. The normalized spacial score (nSPS) is 33.0. The topological polar surface area (TPSA) is 18.5 Å². The number of rotatable bonds is 3. The van der Waals surface area contributed by atoms with E-state index in [9.17, 15) is 0 Å². The Morgan fingerprint density at radius 1 is 1.70 bits per heavy atom. The fourth-order valence-electron chi connectivity index (χ4n) is 1.30. The van der Waals surface area contributed by atoms with E-state index in [1.807, 2.05) is 0 Å². The highest BCUT2D eigenvalue weighted by Crippen LogP contribution is 2.26. The average molecular weight is 162 g/mol. The molecule has 0 amide bonds. The lowest BCUT2D eigenvalue weighted by atomic mass is 10.0. The first-order valence-electron chi connectivity index (χ1n) is 3.57. The maximum atomic E-state index is 5.53. The van der Waals surface area contributed by atoms with Gasteiger partial charge >= 0.3 is 0 Å². The minimum atomic E-state index is -0.0716. The fourth-order valence-corrected chi connectivity index (χ4v) is 1.64. The fraction of sp³-hybridized carbons (Fsp3) is 1.00. The van der Waals surface area contributed by atoms with Crippen molar-refractivity contribution in [2.75, 3.05) is 26.1 Å². The molecule has 1 saturated heterocycles. The Kier molecular flexibility index (Phi) is 3.01. The molecule has 0 radical (unpaired) electrons. The highest BCUT2D eigenvalue weighted by atomic mass is 32.1. The molecule has 0 aromatic heterocycles. The first kappa shape index (κ1) is 8.37. The summed E-state index contributed by atoms with van der Waals surface area (Å²) < 4.78 is 10.6. The Morgan fingerprint density at radius 2 is 2.50 bits per heavy atom. The molecule has 1 fully saturated rings. The maximum absolute atomic E-state index is 5.53. The number of hydrogen-bond acceptors (Lipinski definition) is 3. The minimum absolute atomic E-state index is 0.0716. The second-order valence-corrected chi connectivity index (χ2v) is 3.04. The van der Waals surface area contributed by atoms with E-state index in [2.05, 4.69) is 12.6 Å². The van der Waals surface area contributed by atoms with Crippen molar-refractivity contribution in [3.63, 3.8) is 0 Å². The third kappa shape index (κ3) is 1.65. The molecule has 0 N–H and O–H groups in total. The molecule has 1 heterocycles. The first-order valence-corrected chi connectivity index (χ1v) is 4.20. The van der Waals surface area contributed by atoms with Crippen molar-refractivity contribution in [1.29, 1.82) is 0 Å². The molecule has 0 aromatic carbocycles. The van der Waals surface area contributed by atoms with Gasteiger partial charge in [-0.2, -0.15) is 12.6 Å². The molecule has 0 aromatic rings. The van der Waals surface area contributed by atoms with Gasteiger partial charge < -0.3 is 9.47 Å². The van der Waals surface area contributed by atoms with E-state index in [1.165, 1.54) is 0 Å². The number of methoxy groups -OCH3 is 1. The van der Waals surface area contributed by atoms with Crippen LogP contribution in [0.5, 0.6) is 0 Å². The molecule has 3 heteroatoms. The van der Waals surface area contributed by atoms with Crippen LogP contribution in [0.4, 0.5) is 0 Å². The summed E-state index contributed by atoms with van der Waals surface area (Å²) in [6.45, 7) is 1.54. The second-order valence-electron chi connectivity index (χ2n) is 2.73. The molecule has 60 valence electrons. The number of hydrogen-bond donors (Lipinski definition) is 1. The van der Waals surface area contributed by atoms with Crippen molar-refractivity contribution in [2.45, 2.75) is 18.4 Å². The molecule has 1 atom stereocenters. The highest BCUT2D eigenvalue weighted by Gasteiger charge is 2.33. The molecule has 10 heavy (non-hydrogen) atoms. The summed E-state index contributed by atoms with van der Waals surface area (Å²) in [7, 11) is 1.70. The first-order chi connectivity index (χ1) is 4.83. The van der Waals surface area contributed by atoms with Crippen LogP contribution in [0.15, 0.2) is 0 Å². The van der Waals surface area contributed by atoms with Gasteiger partial charge in [0.1, 0.15) is 5.60 Å². The smallest absolute Gasteiger partial charge is 0.100 e. The van der Waals surface area contributed by atoms with Crippen LogP contribution in [0.3, 0.4) is 0 Å². The van der Waals surface area contributed by atoms with Crippen LogP contribution in [-0.2, 0) is 9.47 Å². The highest BCUT2D eigenvalue weighted by molar-refractivity contribution is 7.80. The van der Waals surface area contributed by atoms with Gasteiger partial charge in [0.2, 0.25) is 0 Å². The molecule has 1 aliphatic rings. The van der Waals surface area contributed by atoms with E-state index < -0.39 is 0 Å². The van der Waals surface area contributed by atoms with Gasteiger partial charge in [0, 0.05) is 19.5 Å². The molecule has 0 bridgehead atoms. The van der Waals surface area contributed by atoms with Crippen molar-refractivity contribution >= 4 is 12.6 Å². The van der Waals surface area contributed by atoms with Crippen molar-refractivity contribution in [3.8, 4) is 0 Å². The van der Waals surface area contributed by atoms with Gasteiger partial charge in [0.25, 0.3) is 0 Å². The van der Waals surface area contributed by atoms with Gasteiger partial charge in [0.05, 0.1) is 6.61 Å². The standard InChI is InChI=1S/C7H14O2S/c1-8-5-7(6-10)3-2-4-9-7/h10H,2-6H2,1H3. The van der Waals surface area contributed by atoms with Gasteiger partial charge in [0.15, 0.2) is 0 Å². The lowest BCUT2D eigenvalue weighted by Gasteiger charge is -2.24. The Morgan fingerprint density at radius 3 is 2.90 bits per heavy atom. The van der Waals surface area contributed by atoms with E-state index >= 15 is 0 Å². The van der Waals surface area contributed by atoms with Gasteiger partial charge in [-0.15, -0.1) is 0 Å². The molecule has 0 saturated carbocycles. The van der Waals surface area contributed by atoms with Crippen molar-refractivity contribution in [3.05, 3.63) is 0 Å². The molecule has 1 unspecified atom stereocenters. The van der Waals surface area contributed by atoms with Gasteiger partial charge in [-0.1, -0.05) is 0 Å². The van der Waals surface area contributed by atoms with Crippen molar-refractivity contribution in [2.24, 2.45) is 0 Å². The lowest BCUT2D eigenvalue weighted by Crippen LogP contribution is -2.35. The average Bonchev–Trinajstić information content (AvgIpc) is 2.39. The molecule has 1 rings (SSSR count). The second kappa shape index (κ2) is 3.60. The molecule has 0 aliphatic carbocycles. The van der Waals surface area contributed by atoms with Gasteiger partial charge in [-0.25, -0.2) is 0 Å². The van der Waals surface area contributed by atoms with E-state index in [-0.39, 0.29) is 5.60 Å². The van der Waals surface area contributed by atoms with Crippen LogP contribution in [0.2, 0.25) is 0 Å². The Hall–Kier alpha value is 0.270. The summed E-state index contributed by atoms with van der Waals surface area (Å²) in [5, 5.41) is 0. The van der Waals surface area contributed by atoms with Crippen LogP contribution >= 0.6 is 12.6 Å². The van der Waals surface area contributed by atoms with E-state index in [0.29, 0.717) is 6.61 Å². The monoisotopic (exact) mass is 162 g/mol. The Bertz CT molecular complexity index is 99.8. The summed E-state index contributed by atoms with van der Waals surface area (Å²) in [5.41, 5.74) is -0.0716. The van der Waals surface area contributed by atoms with E-state index in [0.717, 1.165) is 25.2 Å². The SMILES string of the molecule is COCC1(CS)CCCO1. The van der Waals surface area contributed by atoms with Crippen molar-refractivity contribution < 1.29 is 9.47 Å². The Balaban J connectivity index is 2.41. The predicted molar refractivity (Wildman–Crippen MR) is 43.6 cm³/mol. The predicted octanol–water partition coefficient (Wildman–Crippen LogP) is 1.11. The van der Waals surface area contributed by atoms with Crippen LogP contribution in [0.1, 0.15) is 12.8 Å². The van der Waals surface area contributed by atoms with Gasteiger partial charge in [-0.3, -0.25) is 0 Å². The molecular formula is C7H14O2S. The summed E-state index contributed by atoms with van der Waals surface area (Å²) >= 11 is 4.23. The minimum Gasteiger partial charge on any atom is -0.382 e. The van der Waals surface area contributed by atoms with E-state index in [4.69, 9.17) is 9.47 Å². The zero-order valence-electron chi connectivity index (χ0n) is 6.30. The lowest BCUT2D eigenvalue weighted by molar-refractivity contribution is -0.0340. The maximum Gasteiger partial charge on any atom is 0.100 e. The summed E-state index contributed by atoms with van der Waals surface area (Å²) in [6, 6.07) is 0. The van der Waals surface area contributed by atoms with Crippen LogP contribution in [0, 0.1) is 0 Å². The van der Waals surface area contributed by atoms with Crippen molar-refractivity contribution in [1.82, 2.24) is 0 Å². The molecule has 1 aliphatic heterocycles. The third-order valence-corrected chi connectivity index (χ3v) is 2.46. The zero-order chi connectivity index (χ0) is 7.45. The molecule has 0 spiro atoms. The quantitative estimate of drug-likeness (QED) is 0.627. The molecule has 2 nitrogen and oxygen atoms in total. The van der Waals surface area contributed by atoms with E-state index in [1.54, 1.807) is 7.11 Å². The number of ether oxygens (including phenoxy) is 2. The number of thiol groups is 1. The summed E-state index contributed by atoms with van der Waals surface area (Å²) in [6.07, 6.45) is 2.23. The van der Waals surface area contributed by atoms with Gasteiger partial charge in [-0.05, 0) is 12.8 Å². The van der Waals surface area contributed by atoms with Crippen LogP contribution in [0.25, 0.3) is 0 Å². The Labute approximate surface area is 67.3 Å². The third-order valence-electron chi connectivity index (χ3n) is 1.88. The summed E-state index contributed by atoms with van der Waals surface area (Å²) in [5.74, 6) is 0.765. The van der Waals surface area contributed by atoms with Crippen LogP contribution in [-0.4, -0.2) is 31.7 Å².